The molecule has 1 N–H and O–H groups in total. The predicted octanol–water partition coefficient (Wildman–Crippen LogP) is 2.87. The van der Waals surface area contributed by atoms with Gasteiger partial charge in [-0.3, -0.25) is 0 Å². The second-order valence-corrected chi connectivity index (χ2v) is 5.69. The van der Waals surface area contributed by atoms with E-state index in [1.807, 2.05) is 4.90 Å². The molecule has 1 aliphatic heterocycles. The molecule has 1 aliphatic rings. The molecule has 1 aromatic heterocycles. The number of carboxylic acid groups (broad SMARTS) is 1. The van der Waals surface area contributed by atoms with E-state index >= 15 is 0 Å². The minimum atomic E-state index is -1.10. The van der Waals surface area contributed by atoms with E-state index < -0.39 is 5.97 Å². The van der Waals surface area contributed by atoms with Crippen LogP contribution < -0.4 is 4.90 Å². The van der Waals surface area contributed by atoms with E-state index in [0.717, 1.165) is 32.2 Å². The molecule has 7 heteroatoms. The van der Waals surface area contributed by atoms with Crippen LogP contribution in [0.25, 0.3) is 5.69 Å². The molecule has 0 spiro atoms. The van der Waals surface area contributed by atoms with Gasteiger partial charge in [0, 0.05) is 12.6 Å². The van der Waals surface area contributed by atoms with Crippen molar-refractivity contribution in [2.75, 3.05) is 11.4 Å². The summed E-state index contributed by atoms with van der Waals surface area (Å²) in [6.07, 6.45) is 4.11. The highest BCUT2D eigenvalue weighted by molar-refractivity contribution is 5.91. The molecule has 6 nitrogen and oxygen atoms in total. The van der Waals surface area contributed by atoms with Crippen molar-refractivity contribution in [3.05, 3.63) is 35.8 Å². The Labute approximate surface area is 133 Å². The minimum Gasteiger partial charge on any atom is -0.476 e. The fourth-order valence-corrected chi connectivity index (χ4v) is 3.02. The first kappa shape index (κ1) is 15.5. The highest BCUT2D eigenvalue weighted by Gasteiger charge is 2.29. The molecule has 0 saturated carbocycles. The number of hydrogen-bond donors (Lipinski definition) is 1. The Kier molecular flexibility index (Phi) is 4.27. The van der Waals surface area contributed by atoms with Crippen LogP contribution in [0.1, 0.15) is 43.1 Å². The summed E-state index contributed by atoms with van der Waals surface area (Å²) in [7, 11) is 0. The Morgan fingerprint density at radius 1 is 1.30 bits per heavy atom. The highest BCUT2D eigenvalue weighted by atomic mass is 19.1. The van der Waals surface area contributed by atoms with Crippen molar-refractivity contribution in [1.29, 1.82) is 0 Å². The van der Waals surface area contributed by atoms with Gasteiger partial charge >= 0.3 is 5.97 Å². The van der Waals surface area contributed by atoms with Crippen LogP contribution in [0.15, 0.2) is 24.3 Å². The van der Waals surface area contributed by atoms with Crippen molar-refractivity contribution in [2.24, 2.45) is 0 Å². The molecule has 0 bridgehead atoms. The summed E-state index contributed by atoms with van der Waals surface area (Å²) >= 11 is 0. The van der Waals surface area contributed by atoms with Crippen LogP contribution in [0.4, 0.5) is 10.2 Å². The molecule has 0 unspecified atom stereocenters. The van der Waals surface area contributed by atoms with Crippen molar-refractivity contribution in [2.45, 2.75) is 38.6 Å². The van der Waals surface area contributed by atoms with E-state index in [2.05, 4.69) is 17.1 Å². The zero-order valence-corrected chi connectivity index (χ0v) is 12.9. The molecule has 122 valence electrons. The Morgan fingerprint density at radius 3 is 2.70 bits per heavy atom. The molecule has 1 aromatic carbocycles. The van der Waals surface area contributed by atoms with E-state index in [1.165, 1.54) is 29.1 Å². The third kappa shape index (κ3) is 3.04. The molecule has 1 fully saturated rings. The van der Waals surface area contributed by atoms with E-state index in [9.17, 15) is 14.3 Å². The lowest BCUT2D eigenvalue weighted by Crippen LogP contribution is -2.40. The lowest BCUT2D eigenvalue weighted by molar-refractivity contribution is 0.0690. The summed E-state index contributed by atoms with van der Waals surface area (Å²) in [6, 6.07) is 5.93. The Balaban J connectivity index is 2.02. The third-order valence-electron chi connectivity index (χ3n) is 4.23. The predicted molar refractivity (Wildman–Crippen MR) is 83.6 cm³/mol. The minimum absolute atomic E-state index is 0.0605. The summed E-state index contributed by atoms with van der Waals surface area (Å²) in [5, 5.41) is 17.9. The molecule has 2 aromatic rings. The molecule has 0 aliphatic carbocycles. The number of carboxylic acids is 1. The monoisotopic (exact) mass is 318 g/mol. The molecule has 0 amide bonds. The number of aromatic carboxylic acids is 1. The standard InChI is InChI=1S/C16H19FN4O2/c1-2-12-5-3-4-10-20(12)15-14(16(22)23)18-21(19-15)13-8-6-11(17)7-9-13/h6-9,12H,2-5,10H2,1H3,(H,22,23)/t12-/m0/s1. The van der Waals surface area contributed by atoms with Crippen LogP contribution in [-0.2, 0) is 0 Å². The Morgan fingerprint density at radius 2 is 2.04 bits per heavy atom. The van der Waals surface area contributed by atoms with Gasteiger partial charge in [-0.2, -0.15) is 0 Å². The van der Waals surface area contributed by atoms with E-state index in [0.29, 0.717) is 11.5 Å². The molecule has 1 atom stereocenters. The molecule has 2 heterocycles. The number of anilines is 1. The molecular formula is C16H19FN4O2. The number of piperidine rings is 1. The smallest absolute Gasteiger partial charge is 0.360 e. The zero-order chi connectivity index (χ0) is 16.4. The number of rotatable bonds is 4. The summed E-state index contributed by atoms with van der Waals surface area (Å²) in [5.74, 6) is -1.07. The van der Waals surface area contributed by atoms with Crippen molar-refractivity contribution < 1.29 is 14.3 Å². The van der Waals surface area contributed by atoms with Gasteiger partial charge in [-0.1, -0.05) is 6.92 Å². The second-order valence-electron chi connectivity index (χ2n) is 5.69. The summed E-state index contributed by atoms with van der Waals surface area (Å²) in [4.78, 5) is 14.9. The summed E-state index contributed by atoms with van der Waals surface area (Å²) < 4.78 is 13.1. The van der Waals surface area contributed by atoms with Gasteiger partial charge in [0.05, 0.1) is 5.69 Å². The SMILES string of the molecule is CC[C@H]1CCCCN1c1nn(-c2ccc(F)cc2)nc1C(=O)O. The summed E-state index contributed by atoms with van der Waals surface area (Å²) in [5.41, 5.74) is 0.472. The molecule has 1 saturated heterocycles. The third-order valence-corrected chi connectivity index (χ3v) is 4.23. The van der Waals surface area contributed by atoms with Crippen LogP contribution in [0.3, 0.4) is 0 Å². The van der Waals surface area contributed by atoms with E-state index in [1.54, 1.807) is 0 Å². The van der Waals surface area contributed by atoms with Crippen molar-refractivity contribution in [1.82, 2.24) is 15.0 Å². The molecular weight excluding hydrogens is 299 g/mol. The molecule has 23 heavy (non-hydrogen) atoms. The van der Waals surface area contributed by atoms with Gasteiger partial charge < -0.3 is 10.0 Å². The van der Waals surface area contributed by atoms with Gasteiger partial charge in [0.15, 0.2) is 5.82 Å². The normalized spacial score (nSPS) is 18.2. The van der Waals surface area contributed by atoms with Crippen LogP contribution in [0, 0.1) is 5.82 Å². The van der Waals surface area contributed by atoms with Crippen LogP contribution in [-0.4, -0.2) is 38.7 Å². The first-order valence-electron chi connectivity index (χ1n) is 7.83. The van der Waals surface area contributed by atoms with Gasteiger partial charge in [-0.15, -0.1) is 15.0 Å². The lowest BCUT2D eigenvalue weighted by Gasteiger charge is -2.35. The van der Waals surface area contributed by atoms with Crippen molar-refractivity contribution in [3.8, 4) is 5.69 Å². The van der Waals surface area contributed by atoms with Crippen molar-refractivity contribution >= 4 is 11.8 Å². The number of carbonyl (C=O) groups is 1. The maximum Gasteiger partial charge on any atom is 0.360 e. The largest absolute Gasteiger partial charge is 0.476 e. The lowest BCUT2D eigenvalue weighted by atomic mass is 10.00. The maximum absolute atomic E-state index is 13.1. The van der Waals surface area contributed by atoms with E-state index in [-0.39, 0.29) is 17.6 Å². The molecule has 3 rings (SSSR count). The van der Waals surface area contributed by atoms with E-state index in [4.69, 9.17) is 0 Å². The van der Waals surface area contributed by atoms with Gasteiger partial charge in [-0.25, -0.2) is 9.18 Å². The topological polar surface area (TPSA) is 71.2 Å². The maximum atomic E-state index is 13.1. The molecule has 0 radical (unpaired) electrons. The second kappa shape index (κ2) is 6.36. The average molecular weight is 318 g/mol. The number of nitrogens with zero attached hydrogens (tertiary/aromatic N) is 4. The zero-order valence-electron chi connectivity index (χ0n) is 12.9. The first-order chi connectivity index (χ1) is 11.1. The van der Waals surface area contributed by atoms with Crippen LogP contribution in [0.2, 0.25) is 0 Å². The first-order valence-corrected chi connectivity index (χ1v) is 7.83. The number of halogens is 1. The average Bonchev–Trinajstić information content (AvgIpc) is 3.01. The quantitative estimate of drug-likeness (QED) is 0.938. The van der Waals surface area contributed by atoms with Gasteiger partial charge in [0.25, 0.3) is 0 Å². The van der Waals surface area contributed by atoms with Crippen LogP contribution in [0.5, 0.6) is 0 Å². The number of aromatic nitrogens is 3. The highest BCUT2D eigenvalue weighted by Crippen LogP contribution is 2.27. The van der Waals surface area contributed by atoms with Gasteiger partial charge in [0.2, 0.25) is 5.69 Å². The van der Waals surface area contributed by atoms with Crippen LogP contribution >= 0.6 is 0 Å². The Bertz CT molecular complexity index is 699. The van der Waals surface area contributed by atoms with Gasteiger partial charge in [0.1, 0.15) is 5.82 Å². The summed E-state index contributed by atoms with van der Waals surface area (Å²) in [6.45, 7) is 2.87. The number of hydrogen-bond acceptors (Lipinski definition) is 4. The van der Waals surface area contributed by atoms with Crippen molar-refractivity contribution in [3.63, 3.8) is 0 Å². The Hall–Kier alpha value is -2.44. The fraction of sp³-hybridized carbons (Fsp3) is 0.438. The fourth-order valence-electron chi connectivity index (χ4n) is 3.02. The number of benzene rings is 1. The van der Waals surface area contributed by atoms with Gasteiger partial charge in [-0.05, 0) is 49.9 Å².